The topological polar surface area (TPSA) is 61.4 Å². The molecule has 1 saturated heterocycles. The van der Waals surface area contributed by atoms with Gasteiger partial charge in [-0.25, -0.2) is 0 Å². The van der Waals surface area contributed by atoms with Crippen LogP contribution in [-0.2, 0) is 13.0 Å². The van der Waals surface area contributed by atoms with E-state index in [2.05, 4.69) is 28.9 Å². The van der Waals surface area contributed by atoms with Gasteiger partial charge >= 0.3 is 0 Å². The lowest BCUT2D eigenvalue weighted by molar-refractivity contribution is 0.197. The predicted octanol–water partition coefficient (Wildman–Crippen LogP) is 3.70. The van der Waals surface area contributed by atoms with Crippen LogP contribution in [0.15, 0.2) is 24.4 Å². The molecule has 5 heteroatoms. The molecule has 136 valence electrons. The summed E-state index contributed by atoms with van der Waals surface area (Å²) in [6.07, 6.45) is 5.49. The summed E-state index contributed by atoms with van der Waals surface area (Å²) < 4.78 is 5.23. The Balaban J connectivity index is 1.68. The van der Waals surface area contributed by atoms with E-state index in [0.29, 0.717) is 17.6 Å². The molecule has 0 amide bonds. The van der Waals surface area contributed by atoms with Crippen LogP contribution in [0, 0.1) is 5.92 Å². The molecule has 2 N–H and O–H groups in total. The van der Waals surface area contributed by atoms with E-state index in [1.807, 2.05) is 18.3 Å². The molecular formula is C20H29N3O2. The molecule has 0 saturated carbocycles. The maximum Gasteiger partial charge on any atom is 0.160 e. The number of hydrogen-bond donors (Lipinski definition) is 2. The number of aromatic nitrogens is 2. The van der Waals surface area contributed by atoms with E-state index < -0.39 is 0 Å². The zero-order valence-corrected chi connectivity index (χ0v) is 15.5. The number of H-pyrrole nitrogens is 1. The van der Waals surface area contributed by atoms with Crippen LogP contribution in [-0.4, -0.2) is 40.4 Å². The van der Waals surface area contributed by atoms with E-state index in [1.54, 1.807) is 13.2 Å². The Labute approximate surface area is 150 Å². The van der Waals surface area contributed by atoms with Crippen LogP contribution >= 0.6 is 0 Å². The molecule has 2 heterocycles. The first-order valence-electron chi connectivity index (χ1n) is 9.17. The average molecular weight is 343 g/mol. The fraction of sp³-hybridized carbons (Fsp3) is 0.550. The van der Waals surface area contributed by atoms with Gasteiger partial charge in [0.05, 0.1) is 13.3 Å². The molecule has 1 aromatic carbocycles. The lowest BCUT2D eigenvalue weighted by Gasteiger charge is -2.33. The van der Waals surface area contributed by atoms with Gasteiger partial charge in [-0.1, -0.05) is 19.9 Å². The van der Waals surface area contributed by atoms with Crippen LogP contribution in [0.5, 0.6) is 11.5 Å². The molecule has 1 atom stereocenters. The Bertz CT molecular complexity index is 696. The van der Waals surface area contributed by atoms with E-state index in [-0.39, 0.29) is 5.75 Å². The number of methoxy groups -OCH3 is 1. The second-order valence-corrected chi connectivity index (χ2v) is 7.49. The van der Waals surface area contributed by atoms with E-state index in [0.717, 1.165) is 26.1 Å². The first-order valence-corrected chi connectivity index (χ1v) is 9.17. The molecule has 1 aliphatic rings. The lowest BCUT2D eigenvalue weighted by Crippen LogP contribution is -2.34. The van der Waals surface area contributed by atoms with Gasteiger partial charge in [-0.05, 0) is 55.0 Å². The molecule has 0 aliphatic carbocycles. The maximum absolute atomic E-state index is 9.76. The fourth-order valence-corrected chi connectivity index (χ4v) is 3.79. The Kier molecular flexibility index (Phi) is 5.63. The number of piperidine rings is 1. The number of nitrogens with one attached hydrogen (secondary N) is 1. The van der Waals surface area contributed by atoms with Gasteiger partial charge in [0.15, 0.2) is 11.5 Å². The van der Waals surface area contributed by atoms with Gasteiger partial charge in [-0.15, -0.1) is 0 Å². The molecule has 0 bridgehead atoms. The van der Waals surface area contributed by atoms with E-state index in [1.165, 1.54) is 29.7 Å². The summed E-state index contributed by atoms with van der Waals surface area (Å²) in [4.78, 5) is 2.49. The highest BCUT2D eigenvalue weighted by Gasteiger charge is 2.25. The van der Waals surface area contributed by atoms with Crippen molar-refractivity contribution < 1.29 is 9.84 Å². The van der Waals surface area contributed by atoms with Crippen LogP contribution in [0.3, 0.4) is 0 Å². The monoisotopic (exact) mass is 343 g/mol. The van der Waals surface area contributed by atoms with Crippen LogP contribution in [0.1, 0.15) is 49.4 Å². The van der Waals surface area contributed by atoms with Gasteiger partial charge in [0, 0.05) is 24.7 Å². The highest BCUT2D eigenvalue weighted by Crippen LogP contribution is 2.31. The molecule has 0 radical (unpaired) electrons. The Morgan fingerprint density at radius 3 is 3.00 bits per heavy atom. The van der Waals surface area contributed by atoms with Crippen molar-refractivity contribution in [3.8, 4) is 11.5 Å². The molecule has 1 aromatic heterocycles. The van der Waals surface area contributed by atoms with Gasteiger partial charge in [-0.3, -0.25) is 10.00 Å². The Hall–Kier alpha value is -2.01. The molecule has 0 unspecified atom stereocenters. The van der Waals surface area contributed by atoms with Gasteiger partial charge in [-0.2, -0.15) is 5.10 Å². The quantitative estimate of drug-likeness (QED) is 0.839. The molecular weight excluding hydrogens is 314 g/mol. The molecule has 1 aliphatic heterocycles. The summed E-state index contributed by atoms with van der Waals surface area (Å²) in [5, 5.41) is 17.3. The smallest absolute Gasteiger partial charge is 0.160 e. The molecule has 1 fully saturated rings. The highest BCUT2D eigenvalue weighted by atomic mass is 16.5. The largest absolute Gasteiger partial charge is 0.504 e. The number of nitrogens with zero attached hydrogens (tertiary/aromatic N) is 2. The molecule has 2 aromatic rings. The number of likely N-dealkylation sites (tertiary alicyclic amines) is 1. The van der Waals surface area contributed by atoms with Crippen molar-refractivity contribution >= 4 is 0 Å². The average Bonchev–Trinajstić information content (AvgIpc) is 3.04. The highest BCUT2D eigenvalue weighted by molar-refractivity contribution is 5.41. The van der Waals surface area contributed by atoms with Gasteiger partial charge in [0.25, 0.3) is 0 Å². The zero-order valence-electron chi connectivity index (χ0n) is 15.5. The van der Waals surface area contributed by atoms with Crippen molar-refractivity contribution in [2.24, 2.45) is 5.92 Å². The number of rotatable bonds is 6. The summed E-state index contributed by atoms with van der Waals surface area (Å²) in [5.41, 5.74) is 3.86. The standard InChI is InChI=1S/C20H29N3O2/c1-14(2)9-17-11-21-22-20(17)16-5-4-8-23(13-16)12-15-6-7-18(24)19(10-15)25-3/h6-7,10-11,14,16,24H,4-5,8-9,12-13H2,1-3H3,(H,21,22)/t16-/m0/s1. The first-order chi connectivity index (χ1) is 12.1. The summed E-state index contributed by atoms with van der Waals surface area (Å²) in [6.45, 7) is 7.52. The summed E-state index contributed by atoms with van der Waals surface area (Å²) >= 11 is 0. The Morgan fingerprint density at radius 1 is 1.40 bits per heavy atom. The minimum absolute atomic E-state index is 0.193. The van der Waals surface area contributed by atoms with Crippen molar-refractivity contribution in [2.45, 2.75) is 45.6 Å². The molecule has 0 spiro atoms. The summed E-state index contributed by atoms with van der Waals surface area (Å²) in [7, 11) is 1.59. The second-order valence-electron chi connectivity index (χ2n) is 7.49. The lowest BCUT2D eigenvalue weighted by atomic mass is 9.90. The number of aromatic hydroxyl groups is 1. The van der Waals surface area contributed by atoms with Crippen molar-refractivity contribution in [1.82, 2.24) is 15.1 Å². The molecule has 5 nitrogen and oxygen atoms in total. The number of phenols is 1. The third kappa shape index (κ3) is 4.34. The van der Waals surface area contributed by atoms with E-state index >= 15 is 0 Å². The van der Waals surface area contributed by atoms with Crippen LogP contribution in [0.4, 0.5) is 0 Å². The maximum atomic E-state index is 9.76. The molecule has 3 rings (SSSR count). The van der Waals surface area contributed by atoms with Crippen molar-refractivity contribution in [1.29, 1.82) is 0 Å². The SMILES string of the molecule is COc1cc(CN2CCC[C@H](c3[nH]ncc3CC(C)C)C2)ccc1O. The number of hydrogen-bond acceptors (Lipinski definition) is 4. The first kappa shape index (κ1) is 17.8. The van der Waals surface area contributed by atoms with Crippen LogP contribution in [0.25, 0.3) is 0 Å². The molecule has 25 heavy (non-hydrogen) atoms. The van der Waals surface area contributed by atoms with Gasteiger partial charge in [0.2, 0.25) is 0 Å². The van der Waals surface area contributed by atoms with Crippen molar-refractivity contribution in [2.75, 3.05) is 20.2 Å². The number of benzene rings is 1. The zero-order chi connectivity index (χ0) is 17.8. The predicted molar refractivity (Wildman–Crippen MR) is 99.0 cm³/mol. The number of aromatic amines is 1. The third-order valence-electron chi connectivity index (χ3n) is 4.94. The fourth-order valence-electron chi connectivity index (χ4n) is 3.79. The van der Waals surface area contributed by atoms with E-state index in [9.17, 15) is 5.11 Å². The normalized spacial score (nSPS) is 18.6. The van der Waals surface area contributed by atoms with Crippen molar-refractivity contribution in [3.63, 3.8) is 0 Å². The van der Waals surface area contributed by atoms with E-state index in [4.69, 9.17) is 4.74 Å². The second kappa shape index (κ2) is 7.91. The minimum Gasteiger partial charge on any atom is -0.504 e. The van der Waals surface area contributed by atoms with Crippen LogP contribution < -0.4 is 4.74 Å². The summed E-state index contributed by atoms with van der Waals surface area (Å²) in [6, 6.07) is 5.62. The summed E-state index contributed by atoms with van der Waals surface area (Å²) in [5.74, 6) is 1.89. The number of ether oxygens (including phenoxy) is 1. The number of phenolic OH excluding ortho intramolecular Hbond substituents is 1. The Morgan fingerprint density at radius 2 is 2.24 bits per heavy atom. The van der Waals surface area contributed by atoms with Crippen LogP contribution in [0.2, 0.25) is 0 Å². The van der Waals surface area contributed by atoms with Crippen molar-refractivity contribution in [3.05, 3.63) is 41.2 Å². The van der Waals surface area contributed by atoms with Gasteiger partial charge < -0.3 is 9.84 Å². The van der Waals surface area contributed by atoms with Gasteiger partial charge in [0.1, 0.15) is 0 Å². The third-order valence-corrected chi connectivity index (χ3v) is 4.94. The minimum atomic E-state index is 0.193.